The summed E-state index contributed by atoms with van der Waals surface area (Å²) in [5.74, 6) is -1.01. The van der Waals surface area contributed by atoms with E-state index < -0.39 is 27.3 Å². The molecule has 0 saturated carbocycles. The molecular weight excluding hydrogens is 246 g/mol. The fraction of sp³-hybridized carbons (Fsp3) is 0.400. The number of allylic oxidation sites excluding steroid dienone is 1. The molecular formula is C10H17NO5S. The Hall–Kier alpha value is -1.47. The lowest BCUT2D eigenvalue weighted by Crippen LogP contribution is -2.47. The van der Waals surface area contributed by atoms with Crippen LogP contribution in [0.3, 0.4) is 0 Å². The van der Waals surface area contributed by atoms with Gasteiger partial charge < -0.3 is 5.32 Å². The van der Waals surface area contributed by atoms with Crippen molar-refractivity contribution in [2.75, 3.05) is 5.75 Å². The van der Waals surface area contributed by atoms with Crippen molar-refractivity contribution in [1.82, 2.24) is 5.32 Å². The Labute approximate surface area is 101 Å². The summed E-state index contributed by atoms with van der Waals surface area (Å²) in [6.45, 7) is 9.30. The summed E-state index contributed by atoms with van der Waals surface area (Å²) in [5.41, 5.74) is -1.00. The maximum atomic E-state index is 10.8. The normalized spacial score (nSPS) is 10.5. The van der Waals surface area contributed by atoms with Crippen molar-refractivity contribution in [2.24, 2.45) is 0 Å². The number of hydrogen-bond acceptors (Lipinski definition) is 4. The highest BCUT2D eigenvalue weighted by atomic mass is 32.2. The van der Waals surface area contributed by atoms with Crippen LogP contribution in [0.15, 0.2) is 25.3 Å². The Balaban J connectivity index is 0. The molecule has 0 radical (unpaired) electrons. The molecule has 0 aliphatic heterocycles. The molecule has 6 nitrogen and oxygen atoms in total. The van der Waals surface area contributed by atoms with Crippen LogP contribution in [-0.4, -0.2) is 36.5 Å². The molecule has 0 heterocycles. The maximum Gasteiger partial charge on any atom is 0.267 e. The van der Waals surface area contributed by atoms with Gasteiger partial charge in [0.25, 0.3) is 10.1 Å². The summed E-state index contributed by atoms with van der Waals surface area (Å²) in [4.78, 5) is 19.9. The van der Waals surface area contributed by atoms with E-state index in [4.69, 9.17) is 9.35 Å². The Morgan fingerprint density at radius 3 is 2.06 bits per heavy atom. The minimum Gasteiger partial charge on any atom is -0.347 e. The van der Waals surface area contributed by atoms with Crippen molar-refractivity contribution < 1.29 is 22.6 Å². The van der Waals surface area contributed by atoms with Crippen LogP contribution < -0.4 is 5.32 Å². The van der Waals surface area contributed by atoms with Crippen LogP contribution in [0.2, 0.25) is 0 Å². The summed E-state index contributed by atoms with van der Waals surface area (Å²) in [6.07, 6.45) is 2.87. The van der Waals surface area contributed by atoms with E-state index in [9.17, 15) is 13.2 Å². The van der Waals surface area contributed by atoms with Crippen molar-refractivity contribution >= 4 is 22.3 Å². The van der Waals surface area contributed by atoms with Gasteiger partial charge in [-0.25, -0.2) is 0 Å². The molecule has 0 spiro atoms. The zero-order valence-corrected chi connectivity index (χ0v) is 10.7. The molecule has 2 N–H and O–H groups in total. The van der Waals surface area contributed by atoms with Crippen LogP contribution in [0.4, 0.5) is 0 Å². The Kier molecular flexibility index (Phi) is 8.16. The molecule has 0 atom stereocenters. The molecule has 0 aliphatic rings. The van der Waals surface area contributed by atoms with Crippen molar-refractivity contribution in [3.05, 3.63) is 25.3 Å². The molecule has 0 fully saturated rings. The van der Waals surface area contributed by atoms with Gasteiger partial charge in [0, 0.05) is 0 Å². The first kappa shape index (κ1) is 17.9. The number of carbonyl (C=O) groups excluding carboxylic acids is 2. The number of carbonyl (C=O) groups is 2. The summed E-state index contributed by atoms with van der Waals surface area (Å²) in [7, 11) is -4.08. The molecule has 0 bridgehead atoms. The van der Waals surface area contributed by atoms with Crippen molar-refractivity contribution in [3.8, 4) is 0 Å². The number of amides is 1. The van der Waals surface area contributed by atoms with Gasteiger partial charge in [-0.3, -0.25) is 14.1 Å². The van der Waals surface area contributed by atoms with E-state index in [2.05, 4.69) is 18.5 Å². The highest BCUT2D eigenvalue weighted by Gasteiger charge is 2.25. The number of rotatable bonds is 5. The third-order valence-corrected chi connectivity index (χ3v) is 2.37. The van der Waals surface area contributed by atoms with Crippen LogP contribution in [0, 0.1) is 0 Å². The predicted molar refractivity (Wildman–Crippen MR) is 65.1 cm³/mol. The first-order valence-corrected chi connectivity index (χ1v) is 6.15. The lowest BCUT2D eigenvalue weighted by atomic mass is 10.1. The average molecular weight is 263 g/mol. The van der Waals surface area contributed by atoms with Crippen molar-refractivity contribution in [2.45, 2.75) is 19.4 Å². The summed E-state index contributed by atoms with van der Waals surface area (Å²) in [5, 5.41) is 2.37. The lowest BCUT2D eigenvalue weighted by Gasteiger charge is -2.23. The second kappa shape index (κ2) is 7.75. The third kappa shape index (κ3) is 14.5. The fourth-order valence-corrected chi connectivity index (χ4v) is 1.86. The zero-order valence-electron chi connectivity index (χ0n) is 9.84. The largest absolute Gasteiger partial charge is 0.347 e. The standard InChI is InChI=1S/C7H13NO4S.C3H4O/c1-4-6(9)8-7(2,3)5-13(10,11)12;1-2-3-4/h4H,1,5H2,2-3H3,(H,8,9)(H,10,11,12);2-3H,1H2. The first-order chi connectivity index (χ1) is 7.58. The Bertz CT molecular complexity index is 378. The quantitative estimate of drug-likeness (QED) is 0.423. The molecule has 0 aromatic rings. The smallest absolute Gasteiger partial charge is 0.267 e. The summed E-state index contributed by atoms with van der Waals surface area (Å²) < 4.78 is 29.5. The van der Waals surface area contributed by atoms with E-state index in [0.717, 1.165) is 6.08 Å². The predicted octanol–water partition coefficient (Wildman–Crippen LogP) is 0.326. The molecule has 0 aliphatic carbocycles. The fourth-order valence-electron chi connectivity index (χ4n) is 0.877. The van der Waals surface area contributed by atoms with Crippen LogP contribution >= 0.6 is 0 Å². The molecule has 0 unspecified atom stereocenters. The number of aldehydes is 1. The summed E-state index contributed by atoms with van der Waals surface area (Å²) >= 11 is 0. The minimum absolute atomic E-state index is 0.478. The topological polar surface area (TPSA) is 101 Å². The minimum atomic E-state index is -4.08. The first-order valence-electron chi connectivity index (χ1n) is 4.54. The van der Waals surface area contributed by atoms with E-state index in [-0.39, 0.29) is 0 Å². The molecule has 17 heavy (non-hydrogen) atoms. The Morgan fingerprint density at radius 1 is 1.41 bits per heavy atom. The van der Waals surface area contributed by atoms with E-state index in [1.54, 1.807) is 0 Å². The monoisotopic (exact) mass is 263 g/mol. The highest BCUT2D eigenvalue weighted by molar-refractivity contribution is 7.85. The molecule has 0 rings (SSSR count). The van der Waals surface area contributed by atoms with E-state index in [0.29, 0.717) is 6.29 Å². The zero-order chi connectivity index (χ0) is 14.1. The molecule has 0 aromatic carbocycles. The lowest BCUT2D eigenvalue weighted by molar-refractivity contribution is -0.117. The summed E-state index contributed by atoms with van der Waals surface area (Å²) in [6, 6.07) is 0. The van der Waals surface area contributed by atoms with Crippen molar-refractivity contribution in [3.63, 3.8) is 0 Å². The van der Waals surface area contributed by atoms with Crippen LogP contribution in [0.1, 0.15) is 13.8 Å². The van der Waals surface area contributed by atoms with Gasteiger partial charge in [0.05, 0.1) is 11.3 Å². The average Bonchev–Trinajstić information content (AvgIpc) is 2.13. The molecule has 98 valence electrons. The maximum absolute atomic E-state index is 10.8. The van der Waals surface area contributed by atoms with Crippen LogP contribution in [0.25, 0.3) is 0 Å². The van der Waals surface area contributed by atoms with Gasteiger partial charge in [0.1, 0.15) is 6.29 Å². The van der Waals surface area contributed by atoms with Gasteiger partial charge in [-0.05, 0) is 26.0 Å². The third-order valence-electron chi connectivity index (χ3n) is 1.29. The molecule has 1 amide bonds. The molecule has 0 aromatic heterocycles. The van der Waals surface area contributed by atoms with Gasteiger partial charge in [-0.15, -0.1) is 0 Å². The van der Waals surface area contributed by atoms with Crippen LogP contribution in [0.5, 0.6) is 0 Å². The van der Waals surface area contributed by atoms with Gasteiger partial charge >= 0.3 is 0 Å². The van der Waals surface area contributed by atoms with Gasteiger partial charge in [-0.1, -0.05) is 13.2 Å². The van der Waals surface area contributed by atoms with E-state index >= 15 is 0 Å². The van der Waals surface area contributed by atoms with Gasteiger partial charge in [0.15, 0.2) is 0 Å². The molecule has 0 saturated heterocycles. The number of hydrogen-bond donors (Lipinski definition) is 2. The van der Waals surface area contributed by atoms with Gasteiger partial charge in [-0.2, -0.15) is 8.42 Å². The van der Waals surface area contributed by atoms with E-state index in [1.165, 1.54) is 19.9 Å². The SMILES string of the molecule is C=CC(=O)NC(C)(C)CS(=O)(=O)O.C=CC=O. The molecule has 7 heteroatoms. The van der Waals surface area contributed by atoms with Crippen LogP contribution in [-0.2, 0) is 19.7 Å². The number of nitrogens with one attached hydrogen (secondary N) is 1. The second-order valence-corrected chi connectivity index (χ2v) is 5.13. The van der Waals surface area contributed by atoms with Gasteiger partial charge in [0.2, 0.25) is 5.91 Å². The highest BCUT2D eigenvalue weighted by Crippen LogP contribution is 2.05. The van der Waals surface area contributed by atoms with E-state index in [1.807, 2.05) is 0 Å². The second-order valence-electron chi connectivity index (χ2n) is 3.68. The van der Waals surface area contributed by atoms with Crippen molar-refractivity contribution in [1.29, 1.82) is 0 Å². The Morgan fingerprint density at radius 2 is 1.82 bits per heavy atom.